The third-order valence-electron chi connectivity index (χ3n) is 4.19. The number of sulfonamides is 1. The lowest BCUT2D eigenvalue weighted by atomic mass is 9.92. The lowest BCUT2D eigenvalue weighted by Crippen LogP contribution is -2.43. The normalized spacial score (nSPS) is 16.6. The molecule has 3 N–H and O–H groups in total. The predicted octanol–water partition coefficient (Wildman–Crippen LogP) is 1.78. The van der Waals surface area contributed by atoms with Crippen molar-refractivity contribution in [3.63, 3.8) is 0 Å². The second kappa shape index (κ2) is 5.46. The van der Waals surface area contributed by atoms with Crippen LogP contribution >= 0.6 is 0 Å². The molecule has 0 radical (unpaired) electrons. The van der Waals surface area contributed by atoms with Crippen LogP contribution in [0.25, 0.3) is 0 Å². The Kier molecular flexibility index (Phi) is 4.17. The van der Waals surface area contributed by atoms with Gasteiger partial charge in [-0.25, -0.2) is 13.6 Å². The van der Waals surface area contributed by atoms with Gasteiger partial charge < -0.3 is 9.88 Å². The molecule has 0 aromatic carbocycles. The summed E-state index contributed by atoms with van der Waals surface area (Å²) in [6, 6.07) is 1.56. The van der Waals surface area contributed by atoms with Crippen LogP contribution < -0.4 is 10.5 Å². The summed E-state index contributed by atoms with van der Waals surface area (Å²) in [6.45, 7) is 5.85. The van der Waals surface area contributed by atoms with E-state index in [2.05, 4.69) is 5.32 Å². The number of nitrogens with one attached hydrogen (secondary N) is 1. The van der Waals surface area contributed by atoms with E-state index in [0.717, 1.165) is 25.7 Å². The maximum atomic E-state index is 12.5. The molecule has 0 bridgehead atoms. The highest BCUT2D eigenvalue weighted by Crippen LogP contribution is 2.34. The van der Waals surface area contributed by atoms with Crippen molar-refractivity contribution in [3.8, 4) is 0 Å². The quantitative estimate of drug-likeness (QED) is 0.867. The van der Waals surface area contributed by atoms with E-state index in [9.17, 15) is 13.2 Å². The summed E-state index contributed by atoms with van der Waals surface area (Å²) >= 11 is 0. The van der Waals surface area contributed by atoms with Crippen molar-refractivity contribution < 1.29 is 13.2 Å². The number of nitrogens with zero attached hydrogens (tertiary/aromatic N) is 1. The Bertz CT molecular complexity index is 642. The second-order valence-electron chi connectivity index (χ2n) is 6.29. The van der Waals surface area contributed by atoms with Gasteiger partial charge in [-0.1, -0.05) is 6.92 Å². The molecule has 0 atom stereocenters. The number of amides is 1. The predicted molar refractivity (Wildman–Crippen MR) is 80.5 cm³/mol. The van der Waals surface area contributed by atoms with Crippen LogP contribution in [0.15, 0.2) is 17.2 Å². The molecule has 118 valence electrons. The monoisotopic (exact) mass is 313 g/mol. The van der Waals surface area contributed by atoms with Gasteiger partial charge in [-0.3, -0.25) is 4.79 Å². The molecule has 0 spiro atoms. The second-order valence-corrected chi connectivity index (χ2v) is 7.85. The molecule has 21 heavy (non-hydrogen) atoms. The number of hydrogen-bond acceptors (Lipinski definition) is 3. The van der Waals surface area contributed by atoms with Gasteiger partial charge in [0.15, 0.2) is 0 Å². The Labute approximate surface area is 125 Å². The van der Waals surface area contributed by atoms with Crippen LogP contribution in [0.4, 0.5) is 0 Å². The number of hydrogen-bond donors (Lipinski definition) is 2. The summed E-state index contributed by atoms with van der Waals surface area (Å²) in [5, 5.41) is 8.11. The highest BCUT2D eigenvalue weighted by atomic mass is 32.2. The number of aromatic nitrogens is 1. The van der Waals surface area contributed by atoms with Crippen molar-refractivity contribution in [1.82, 2.24) is 9.88 Å². The van der Waals surface area contributed by atoms with Crippen molar-refractivity contribution in [2.75, 3.05) is 0 Å². The number of nitrogens with two attached hydrogens (primary N) is 1. The van der Waals surface area contributed by atoms with Crippen molar-refractivity contribution >= 4 is 15.9 Å². The largest absolute Gasteiger partial charge is 0.346 e. The highest BCUT2D eigenvalue weighted by Gasteiger charge is 2.28. The smallest absolute Gasteiger partial charge is 0.268 e. The van der Waals surface area contributed by atoms with Gasteiger partial charge in [0, 0.05) is 17.8 Å². The first-order chi connectivity index (χ1) is 9.64. The van der Waals surface area contributed by atoms with Gasteiger partial charge in [0.1, 0.15) is 10.6 Å². The third kappa shape index (κ3) is 3.47. The van der Waals surface area contributed by atoms with Crippen LogP contribution in [-0.4, -0.2) is 24.4 Å². The molecule has 1 aliphatic carbocycles. The summed E-state index contributed by atoms with van der Waals surface area (Å²) in [4.78, 5) is 12.5. The molecule has 7 heteroatoms. The van der Waals surface area contributed by atoms with E-state index < -0.39 is 10.0 Å². The highest BCUT2D eigenvalue weighted by molar-refractivity contribution is 7.89. The Morgan fingerprint density at radius 1 is 1.48 bits per heavy atom. The molecule has 6 nitrogen and oxygen atoms in total. The lowest BCUT2D eigenvalue weighted by molar-refractivity contribution is 0.0895. The van der Waals surface area contributed by atoms with Crippen molar-refractivity contribution in [2.45, 2.75) is 62.9 Å². The van der Waals surface area contributed by atoms with E-state index >= 15 is 0 Å². The standard InChI is InChI=1S/C14H23N3O3S/c1-4-14(2,3)16-13(18)12-8-11(21(15,19)20)9-17(12)10-6-5-7-10/h8-10H,4-7H2,1-3H3,(H,16,18)(H2,15,19,20). The molecular weight excluding hydrogens is 290 g/mol. The first-order valence-corrected chi connectivity index (χ1v) is 8.76. The van der Waals surface area contributed by atoms with Gasteiger partial charge in [-0.2, -0.15) is 0 Å². The molecule has 1 fully saturated rings. The summed E-state index contributed by atoms with van der Waals surface area (Å²) in [5.74, 6) is -0.261. The summed E-state index contributed by atoms with van der Waals surface area (Å²) < 4.78 is 24.8. The van der Waals surface area contributed by atoms with E-state index in [-0.39, 0.29) is 22.4 Å². The number of rotatable bonds is 5. The fourth-order valence-electron chi connectivity index (χ4n) is 2.22. The minimum Gasteiger partial charge on any atom is -0.346 e. The number of primary sulfonamides is 1. The Morgan fingerprint density at radius 2 is 2.10 bits per heavy atom. The van der Waals surface area contributed by atoms with Crippen molar-refractivity contribution in [3.05, 3.63) is 18.0 Å². The van der Waals surface area contributed by atoms with Gasteiger partial charge in [-0.05, 0) is 45.6 Å². The molecule has 1 heterocycles. The number of carbonyl (C=O) groups excluding carboxylic acids is 1. The summed E-state index contributed by atoms with van der Waals surface area (Å²) in [5.41, 5.74) is 0.0262. The first-order valence-electron chi connectivity index (χ1n) is 7.21. The molecule has 1 amide bonds. The molecule has 1 aromatic heterocycles. The summed E-state index contributed by atoms with van der Waals surface area (Å²) in [7, 11) is -3.81. The van der Waals surface area contributed by atoms with Crippen LogP contribution in [0.5, 0.6) is 0 Å². The molecule has 1 aromatic rings. The van der Waals surface area contributed by atoms with E-state index in [1.807, 2.05) is 20.8 Å². The maximum Gasteiger partial charge on any atom is 0.268 e. The van der Waals surface area contributed by atoms with Crippen LogP contribution in [0, 0.1) is 0 Å². The zero-order valence-electron chi connectivity index (χ0n) is 12.7. The lowest BCUT2D eigenvalue weighted by Gasteiger charge is -2.30. The van der Waals surface area contributed by atoms with E-state index in [4.69, 9.17) is 5.14 Å². The first kappa shape index (κ1) is 16.0. The third-order valence-corrected chi connectivity index (χ3v) is 5.07. The molecule has 1 saturated carbocycles. The Balaban J connectivity index is 2.37. The van der Waals surface area contributed by atoms with Gasteiger partial charge in [-0.15, -0.1) is 0 Å². The average molecular weight is 313 g/mol. The van der Waals surface area contributed by atoms with E-state index in [1.54, 1.807) is 4.57 Å². The fraction of sp³-hybridized carbons (Fsp3) is 0.643. The zero-order chi connectivity index (χ0) is 15.8. The molecule has 1 aliphatic rings. The fourth-order valence-corrected chi connectivity index (χ4v) is 2.75. The molecule has 2 rings (SSSR count). The minimum atomic E-state index is -3.81. The van der Waals surface area contributed by atoms with Crippen molar-refractivity contribution in [1.29, 1.82) is 0 Å². The minimum absolute atomic E-state index is 0.00569. The van der Waals surface area contributed by atoms with Crippen LogP contribution in [-0.2, 0) is 10.0 Å². The molecule has 0 unspecified atom stereocenters. The number of carbonyl (C=O) groups is 1. The molecule has 0 saturated heterocycles. The van der Waals surface area contributed by atoms with Gasteiger partial charge in [0.25, 0.3) is 5.91 Å². The van der Waals surface area contributed by atoms with Crippen molar-refractivity contribution in [2.24, 2.45) is 5.14 Å². The maximum absolute atomic E-state index is 12.5. The van der Waals surface area contributed by atoms with Gasteiger partial charge in [0.05, 0.1) is 0 Å². The van der Waals surface area contributed by atoms with Gasteiger partial charge in [0.2, 0.25) is 10.0 Å². The van der Waals surface area contributed by atoms with Gasteiger partial charge >= 0.3 is 0 Å². The average Bonchev–Trinajstić information content (AvgIpc) is 2.70. The molecule has 0 aliphatic heterocycles. The van der Waals surface area contributed by atoms with E-state index in [1.165, 1.54) is 12.3 Å². The van der Waals surface area contributed by atoms with Crippen LogP contribution in [0.2, 0.25) is 0 Å². The van der Waals surface area contributed by atoms with E-state index in [0.29, 0.717) is 5.69 Å². The zero-order valence-corrected chi connectivity index (χ0v) is 13.5. The van der Waals surface area contributed by atoms with Crippen LogP contribution in [0.3, 0.4) is 0 Å². The Morgan fingerprint density at radius 3 is 2.52 bits per heavy atom. The SMILES string of the molecule is CCC(C)(C)NC(=O)c1cc(S(N)(=O)=O)cn1C1CCC1. The summed E-state index contributed by atoms with van der Waals surface area (Å²) in [6.07, 6.45) is 5.26. The Hall–Kier alpha value is -1.34. The van der Waals surface area contributed by atoms with Crippen LogP contribution in [0.1, 0.15) is 63.0 Å². The topological polar surface area (TPSA) is 94.2 Å². The molecular formula is C14H23N3O3S.